The molecule has 20 heavy (non-hydrogen) atoms. The lowest BCUT2D eigenvalue weighted by molar-refractivity contribution is -0.385. The van der Waals surface area contributed by atoms with E-state index in [1.807, 2.05) is 0 Å². The molecule has 0 aromatic heterocycles. The van der Waals surface area contributed by atoms with Crippen LogP contribution in [-0.2, 0) is 4.79 Å². The molecule has 1 heterocycles. The maximum atomic E-state index is 12.5. The first kappa shape index (κ1) is 14.0. The minimum Gasteiger partial charge on any atom is -0.480 e. The third-order valence-corrected chi connectivity index (χ3v) is 3.68. The van der Waals surface area contributed by atoms with Crippen molar-refractivity contribution < 1.29 is 19.6 Å². The maximum absolute atomic E-state index is 12.5. The predicted molar refractivity (Wildman–Crippen MR) is 69.4 cm³/mol. The van der Waals surface area contributed by atoms with E-state index in [-0.39, 0.29) is 17.8 Å². The number of rotatable bonds is 3. The Bertz CT molecular complexity index is 586. The molecule has 1 unspecified atom stereocenters. The van der Waals surface area contributed by atoms with Gasteiger partial charge in [-0.15, -0.1) is 0 Å². The maximum Gasteiger partial charge on any atom is 0.329 e. The minimum atomic E-state index is -1.30. The Morgan fingerprint density at radius 3 is 2.65 bits per heavy atom. The van der Waals surface area contributed by atoms with Crippen LogP contribution < -0.4 is 0 Å². The van der Waals surface area contributed by atoms with Crippen LogP contribution in [0.1, 0.15) is 30.1 Å². The standard InChI is InChI=1S/C13H14N2O5/c1-13(12(17)18)7-4-8-14(13)11(16)9-5-2-3-6-10(9)15(19)20/h2-3,5-6H,4,7-8H2,1H3,(H,17,18). The molecule has 0 radical (unpaired) electrons. The summed E-state index contributed by atoms with van der Waals surface area (Å²) in [5.74, 6) is -1.71. The van der Waals surface area contributed by atoms with Crippen LogP contribution in [0.4, 0.5) is 5.69 Å². The van der Waals surface area contributed by atoms with E-state index in [2.05, 4.69) is 0 Å². The van der Waals surface area contributed by atoms with E-state index in [0.29, 0.717) is 12.8 Å². The molecule has 1 aromatic carbocycles. The first-order valence-electron chi connectivity index (χ1n) is 6.16. The van der Waals surface area contributed by atoms with E-state index in [9.17, 15) is 24.8 Å². The van der Waals surface area contributed by atoms with Crippen LogP contribution in [0.15, 0.2) is 24.3 Å². The molecule has 1 fully saturated rings. The molecule has 1 aromatic rings. The van der Waals surface area contributed by atoms with Crippen molar-refractivity contribution in [2.24, 2.45) is 0 Å². The van der Waals surface area contributed by atoms with Gasteiger partial charge >= 0.3 is 5.97 Å². The molecule has 1 aliphatic heterocycles. The smallest absolute Gasteiger partial charge is 0.329 e. The van der Waals surface area contributed by atoms with Crippen molar-refractivity contribution in [3.05, 3.63) is 39.9 Å². The highest BCUT2D eigenvalue weighted by atomic mass is 16.6. The quantitative estimate of drug-likeness (QED) is 0.669. The summed E-state index contributed by atoms with van der Waals surface area (Å²) in [6.45, 7) is 1.75. The number of likely N-dealkylation sites (tertiary alicyclic amines) is 1. The highest BCUT2D eigenvalue weighted by Gasteiger charge is 2.47. The minimum absolute atomic E-state index is 0.0770. The number of hydrogen-bond donors (Lipinski definition) is 1. The van der Waals surface area contributed by atoms with Gasteiger partial charge in [-0.3, -0.25) is 14.9 Å². The Morgan fingerprint density at radius 2 is 2.05 bits per heavy atom. The van der Waals surface area contributed by atoms with Gasteiger partial charge in [0, 0.05) is 12.6 Å². The van der Waals surface area contributed by atoms with Crippen molar-refractivity contribution in [2.75, 3.05) is 6.54 Å². The molecule has 1 aliphatic rings. The molecule has 0 spiro atoms. The average Bonchev–Trinajstić information content (AvgIpc) is 2.81. The van der Waals surface area contributed by atoms with Gasteiger partial charge in [-0.1, -0.05) is 12.1 Å². The SMILES string of the molecule is CC1(C(=O)O)CCCN1C(=O)c1ccccc1[N+](=O)[O-]. The summed E-state index contributed by atoms with van der Waals surface area (Å²) in [4.78, 5) is 35.3. The molecule has 2 rings (SSSR count). The lowest BCUT2D eigenvalue weighted by Gasteiger charge is -2.31. The number of benzene rings is 1. The molecule has 1 N–H and O–H groups in total. The van der Waals surface area contributed by atoms with E-state index < -0.39 is 22.3 Å². The number of aliphatic carboxylic acids is 1. The number of nitrogens with zero attached hydrogens (tertiary/aromatic N) is 2. The number of amides is 1. The number of hydrogen-bond acceptors (Lipinski definition) is 4. The zero-order chi connectivity index (χ0) is 14.9. The number of carboxylic acid groups (broad SMARTS) is 1. The number of carboxylic acids is 1. The highest BCUT2D eigenvalue weighted by Crippen LogP contribution is 2.32. The molecule has 7 nitrogen and oxygen atoms in total. The van der Waals surface area contributed by atoms with E-state index in [4.69, 9.17) is 0 Å². The Morgan fingerprint density at radius 1 is 1.40 bits per heavy atom. The Hall–Kier alpha value is -2.44. The van der Waals surface area contributed by atoms with Crippen molar-refractivity contribution in [2.45, 2.75) is 25.3 Å². The van der Waals surface area contributed by atoms with Crippen LogP contribution >= 0.6 is 0 Å². The van der Waals surface area contributed by atoms with Crippen molar-refractivity contribution in [1.82, 2.24) is 4.90 Å². The molecule has 0 saturated carbocycles. The molecular formula is C13H14N2O5. The van der Waals surface area contributed by atoms with Gasteiger partial charge < -0.3 is 10.0 Å². The van der Waals surface area contributed by atoms with Crippen LogP contribution in [0.3, 0.4) is 0 Å². The van der Waals surface area contributed by atoms with Crippen molar-refractivity contribution in [1.29, 1.82) is 0 Å². The van der Waals surface area contributed by atoms with E-state index in [0.717, 1.165) is 0 Å². The fourth-order valence-corrected chi connectivity index (χ4v) is 2.47. The summed E-state index contributed by atoms with van der Waals surface area (Å²) in [6.07, 6.45) is 0.907. The molecule has 1 atom stereocenters. The second-order valence-electron chi connectivity index (χ2n) is 4.91. The lowest BCUT2D eigenvalue weighted by atomic mass is 9.98. The number of para-hydroxylation sites is 1. The fraction of sp³-hybridized carbons (Fsp3) is 0.385. The Kier molecular flexibility index (Phi) is 3.44. The largest absolute Gasteiger partial charge is 0.480 e. The summed E-state index contributed by atoms with van der Waals surface area (Å²) in [5, 5.41) is 20.2. The molecule has 1 amide bonds. The molecule has 0 aliphatic carbocycles. The van der Waals surface area contributed by atoms with Crippen LogP contribution in [0, 0.1) is 10.1 Å². The monoisotopic (exact) mass is 278 g/mol. The summed E-state index contributed by atoms with van der Waals surface area (Å²) in [6, 6.07) is 5.58. The topological polar surface area (TPSA) is 101 Å². The lowest BCUT2D eigenvalue weighted by Crippen LogP contribution is -2.50. The van der Waals surface area contributed by atoms with Gasteiger partial charge in [-0.2, -0.15) is 0 Å². The highest BCUT2D eigenvalue weighted by molar-refractivity contribution is 6.01. The molecule has 1 saturated heterocycles. The van der Waals surface area contributed by atoms with Crippen molar-refractivity contribution in [3.8, 4) is 0 Å². The van der Waals surface area contributed by atoms with Gasteiger partial charge in [-0.05, 0) is 25.8 Å². The Labute approximate surface area is 115 Å². The third-order valence-electron chi connectivity index (χ3n) is 3.68. The summed E-state index contributed by atoms with van der Waals surface area (Å²) in [5.41, 5.74) is -1.69. The molecule has 0 bridgehead atoms. The summed E-state index contributed by atoms with van der Waals surface area (Å²) >= 11 is 0. The zero-order valence-corrected chi connectivity index (χ0v) is 10.9. The van der Waals surface area contributed by atoms with Gasteiger partial charge in [0.15, 0.2) is 0 Å². The number of carbonyl (C=O) groups is 2. The van der Waals surface area contributed by atoms with E-state index in [1.165, 1.54) is 36.1 Å². The second-order valence-corrected chi connectivity index (χ2v) is 4.91. The Balaban J connectivity index is 2.42. The van der Waals surface area contributed by atoms with Crippen LogP contribution in [0.25, 0.3) is 0 Å². The first-order chi connectivity index (χ1) is 9.38. The second kappa shape index (κ2) is 4.92. The summed E-state index contributed by atoms with van der Waals surface area (Å²) in [7, 11) is 0. The predicted octanol–water partition coefficient (Wildman–Crippen LogP) is 1.67. The number of nitro benzene ring substituents is 1. The molecule has 7 heteroatoms. The fourth-order valence-electron chi connectivity index (χ4n) is 2.47. The first-order valence-corrected chi connectivity index (χ1v) is 6.16. The average molecular weight is 278 g/mol. The zero-order valence-electron chi connectivity index (χ0n) is 10.9. The van der Waals surface area contributed by atoms with Gasteiger partial charge in [0.25, 0.3) is 11.6 Å². The normalized spacial score (nSPS) is 21.8. The van der Waals surface area contributed by atoms with E-state index >= 15 is 0 Å². The van der Waals surface area contributed by atoms with E-state index in [1.54, 1.807) is 0 Å². The van der Waals surface area contributed by atoms with Gasteiger partial charge in [0.1, 0.15) is 11.1 Å². The van der Waals surface area contributed by atoms with Crippen LogP contribution in [0.2, 0.25) is 0 Å². The number of nitro groups is 1. The van der Waals surface area contributed by atoms with Gasteiger partial charge in [0.2, 0.25) is 0 Å². The van der Waals surface area contributed by atoms with Crippen molar-refractivity contribution >= 4 is 17.6 Å². The van der Waals surface area contributed by atoms with Crippen LogP contribution in [0.5, 0.6) is 0 Å². The van der Waals surface area contributed by atoms with Crippen molar-refractivity contribution in [3.63, 3.8) is 0 Å². The van der Waals surface area contributed by atoms with Gasteiger partial charge in [0.05, 0.1) is 4.92 Å². The third kappa shape index (κ3) is 2.11. The number of carbonyl (C=O) groups excluding carboxylic acids is 1. The van der Waals surface area contributed by atoms with Crippen LogP contribution in [-0.4, -0.2) is 38.9 Å². The summed E-state index contributed by atoms with van der Waals surface area (Å²) < 4.78 is 0. The van der Waals surface area contributed by atoms with Gasteiger partial charge in [-0.25, -0.2) is 4.79 Å². The molecular weight excluding hydrogens is 264 g/mol. The molecule has 106 valence electrons.